The lowest BCUT2D eigenvalue weighted by Gasteiger charge is -2.24. The molecule has 9 aromatic rings. The Labute approximate surface area is 286 Å². The van der Waals surface area contributed by atoms with E-state index < -0.39 is 0 Å². The number of nitrogens with zero attached hydrogens (tertiary/aromatic N) is 2. The first-order valence-corrected chi connectivity index (χ1v) is 17.5. The summed E-state index contributed by atoms with van der Waals surface area (Å²) in [6.07, 6.45) is -0.323. The average molecular weight is 642 g/mol. The SMILES string of the molecule is c1ccc2cc(C3=NC(c4cccc5sc6c7c(ccc6c45)-c4cccc5cccc-7c45)NC(c4ccc5ccccc5c4)=N3)ccc2c1. The van der Waals surface area contributed by atoms with Crippen molar-refractivity contribution < 1.29 is 0 Å². The molecule has 2 aliphatic rings. The van der Waals surface area contributed by atoms with E-state index in [1.165, 1.54) is 74.7 Å². The zero-order valence-electron chi connectivity index (χ0n) is 26.3. The Hall–Kier alpha value is -6.10. The van der Waals surface area contributed by atoms with Crippen LogP contribution in [0.5, 0.6) is 0 Å². The average Bonchev–Trinajstić information content (AvgIpc) is 3.71. The first-order chi connectivity index (χ1) is 24.3. The van der Waals surface area contributed by atoms with Crippen LogP contribution in [-0.2, 0) is 0 Å². The van der Waals surface area contributed by atoms with E-state index in [4.69, 9.17) is 9.98 Å². The summed E-state index contributed by atoms with van der Waals surface area (Å²) < 4.78 is 2.60. The topological polar surface area (TPSA) is 36.8 Å². The van der Waals surface area contributed by atoms with Crippen molar-refractivity contribution in [1.82, 2.24) is 5.32 Å². The highest BCUT2D eigenvalue weighted by atomic mass is 32.1. The molecule has 49 heavy (non-hydrogen) atoms. The van der Waals surface area contributed by atoms with Gasteiger partial charge in [-0.05, 0) is 67.2 Å². The Kier molecular flexibility index (Phi) is 5.60. The summed E-state index contributed by atoms with van der Waals surface area (Å²) in [6, 6.07) is 54.7. The Balaban J connectivity index is 1.12. The summed E-state index contributed by atoms with van der Waals surface area (Å²) >= 11 is 1.89. The molecule has 0 spiro atoms. The molecule has 228 valence electrons. The fourth-order valence-electron chi connectivity index (χ4n) is 7.96. The minimum absolute atomic E-state index is 0.323. The number of amidine groups is 2. The highest BCUT2D eigenvalue weighted by Crippen LogP contribution is 2.53. The second kappa shape index (κ2) is 10.2. The van der Waals surface area contributed by atoms with Gasteiger partial charge in [-0.2, -0.15) is 0 Å². The van der Waals surface area contributed by atoms with E-state index in [1.807, 2.05) is 11.3 Å². The molecule has 0 amide bonds. The number of rotatable bonds is 3. The van der Waals surface area contributed by atoms with Crippen LogP contribution in [0, 0.1) is 0 Å². The number of fused-ring (bicyclic) bond motifs is 9. The zero-order valence-corrected chi connectivity index (χ0v) is 27.1. The maximum absolute atomic E-state index is 5.36. The van der Waals surface area contributed by atoms with Gasteiger partial charge in [-0.1, -0.05) is 133 Å². The van der Waals surface area contributed by atoms with Crippen molar-refractivity contribution in [2.24, 2.45) is 9.98 Å². The van der Waals surface area contributed by atoms with Gasteiger partial charge in [0, 0.05) is 42.4 Å². The smallest absolute Gasteiger partial charge is 0.159 e. The van der Waals surface area contributed by atoms with Crippen molar-refractivity contribution in [3.8, 4) is 22.3 Å². The summed E-state index contributed by atoms with van der Waals surface area (Å²) in [5, 5.41) is 13.8. The first kappa shape index (κ1) is 26.9. The highest BCUT2D eigenvalue weighted by molar-refractivity contribution is 7.26. The van der Waals surface area contributed by atoms with E-state index in [1.54, 1.807) is 0 Å². The van der Waals surface area contributed by atoms with Gasteiger partial charge in [0.25, 0.3) is 0 Å². The van der Waals surface area contributed by atoms with Gasteiger partial charge in [-0.3, -0.25) is 0 Å². The number of aliphatic imine (C=N–C) groups is 2. The van der Waals surface area contributed by atoms with Crippen LogP contribution in [0.1, 0.15) is 22.9 Å². The monoisotopic (exact) mass is 641 g/mol. The predicted molar refractivity (Wildman–Crippen MR) is 208 cm³/mol. The zero-order chi connectivity index (χ0) is 32.1. The van der Waals surface area contributed by atoms with Gasteiger partial charge in [0.05, 0.1) is 0 Å². The van der Waals surface area contributed by atoms with Crippen molar-refractivity contribution in [3.05, 3.63) is 168 Å². The molecule has 3 nitrogen and oxygen atoms in total. The molecule has 0 bridgehead atoms. The van der Waals surface area contributed by atoms with Crippen LogP contribution in [-0.4, -0.2) is 11.7 Å². The summed E-state index contributed by atoms with van der Waals surface area (Å²) in [7, 11) is 0. The van der Waals surface area contributed by atoms with Crippen LogP contribution in [0.25, 0.3) is 74.7 Å². The molecule has 8 aromatic carbocycles. The van der Waals surface area contributed by atoms with Gasteiger partial charge < -0.3 is 5.32 Å². The van der Waals surface area contributed by atoms with E-state index >= 15 is 0 Å². The molecule has 1 atom stereocenters. The molecule has 0 saturated heterocycles. The maximum atomic E-state index is 5.36. The highest BCUT2D eigenvalue weighted by Gasteiger charge is 2.28. The van der Waals surface area contributed by atoms with E-state index in [0.29, 0.717) is 0 Å². The summed E-state index contributed by atoms with van der Waals surface area (Å²) in [5.74, 6) is 1.56. The molecule has 1 aliphatic heterocycles. The van der Waals surface area contributed by atoms with E-state index in [0.717, 1.165) is 28.4 Å². The molecular weight excluding hydrogens is 615 g/mol. The van der Waals surface area contributed by atoms with E-state index in [9.17, 15) is 0 Å². The molecule has 0 radical (unpaired) electrons. The standard InChI is InChI=1S/C45H27N3S/c1-3-10-29-24-31(20-18-26(29)8-1)43-46-44(32-21-19-27-9-2-4-11-30(27)25-32)48-45(47-43)37-16-7-17-38-40(37)36-23-22-34-33-14-5-12-28-13-6-15-35(39(28)33)41(34)42(36)49-38/h1-25,45H,(H,46,47,48). The summed E-state index contributed by atoms with van der Waals surface area (Å²) in [5.41, 5.74) is 8.55. The number of hydrogen-bond donors (Lipinski definition) is 1. The molecule has 0 fully saturated rings. The van der Waals surface area contributed by atoms with Crippen molar-refractivity contribution in [1.29, 1.82) is 0 Å². The number of hydrogen-bond acceptors (Lipinski definition) is 4. The second-order valence-corrected chi connectivity index (χ2v) is 14.0. The lowest BCUT2D eigenvalue weighted by atomic mass is 9.98. The minimum atomic E-state index is -0.323. The summed E-state index contributed by atoms with van der Waals surface area (Å²) in [6.45, 7) is 0. The molecule has 4 heteroatoms. The van der Waals surface area contributed by atoms with Gasteiger partial charge in [-0.25, -0.2) is 9.98 Å². The largest absolute Gasteiger partial charge is 0.344 e. The third-order valence-corrected chi connectivity index (χ3v) is 11.4. The molecule has 2 heterocycles. The lowest BCUT2D eigenvalue weighted by Crippen LogP contribution is -2.33. The van der Waals surface area contributed by atoms with Crippen molar-refractivity contribution in [3.63, 3.8) is 0 Å². The third-order valence-electron chi connectivity index (χ3n) is 10.2. The fraction of sp³-hybridized carbons (Fsp3) is 0.0222. The Morgan fingerprint density at radius 3 is 1.98 bits per heavy atom. The van der Waals surface area contributed by atoms with E-state index in [-0.39, 0.29) is 6.17 Å². The fourth-order valence-corrected chi connectivity index (χ4v) is 9.26. The van der Waals surface area contributed by atoms with E-state index in [2.05, 4.69) is 157 Å². The third kappa shape index (κ3) is 4.01. The first-order valence-electron chi connectivity index (χ1n) is 16.7. The number of nitrogens with one attached hydrogen (secondary N) is 1. The number of thiophene rings is 1. The normalized spacial score (nSPS) is 15.1. The van der Waals surface area contributed by atoms with Crippen molar-refractivity contribution >= 4 is 75.5 Å². The second-order valence-electron chi connectivity index (χ2n) is 13.0. The van der Waals surface area contributed by atoms with Crippen molar-refractivity contribution in [2.45, 2.75) is 6.17 Å². The molecule has 1 aliphatic carbocycles. The molecule has 1 aromatic heterocycles. The van der Waals surface area contributed by atoms with Gasteiger partial charge in [0.1, 0.15) is 12.0 Å². The van der Waals surface area contributed by atoms with Gasteiger partial charge in [0.15, 0.2) is 5.84 Å². The van der Waals surface area contributed by atoms with Crippen LogP contribution in [0.3, 0.4) is 0 Å². The van der Waals surface area contributed by atoms with Gasteiger partial charge in [-0.15, -0.1) is 11.3 Å². The molecular formula is C45H27N3S. The Morgan fingerprint density at radius 2 is 1.18 bits per heavy atom. The van der Waals surface area contributed by atoms with Crippen LogP contribution in [0.15, 0.2) is 162 Å². The van der Waals surface area contributed by atoms with Crippen molar-refractivity contribution in [2.75, 3.05) is 0 Å². The lowest BCUT2D eigenvalue weighted by molar-refractivity contribution is 0.680. The molecule has 0 saturated carbocycles. The molecule has 1 N–H and O–H groups in total. The predicted octanol–water partition coefficient (Wildman–Crippen LogP) is 11.7. The quantitative estimate of drug-likeness (QED) is 0.205. The van der Waals surface area contributed by atoms with Gasteiger partial charge >= 0.3 is 0 Å². The van der Waals surface area contributed by atoms with Crippen LogP contribution < -0.4 is 5.32 Å². The summed E-state index contributed by atoms with van der Waals surface area (Å²) in [4.78, 5) is 10.6. The maximum Gasteiger partial charge on any atom is 0.159 e. The Morgan fingerprint density at radius 1 is 0.510 bits per heavy atom. The van der Waals surface area contributed by atoms with Crippen LogP contribution >= 0.6 is 11.3 Å². The molecule has 1 unspecified atom stereocenters. The van der Waals surface area contributed by atoms with Gasteiger partial charge in [0.2, 0.25) is 0 Å². The minimum Gasteiger partial charge on any atom is -0.344 e. The number of benzene rings is 8. The Bertz CT molecular complexity index is 2920. The van der Waals surface area contributed by atoms with Crippen LogP contribution in [0.2, 0.25) is 0 Å². The van der Waals surface area contributed by atoms with Crippen LogP contribution in [0.4, 0.5) is 0 Å². The molecule has 11 rings (SSSR count).